The second-order valence-electron chi connectivity index (χ2n) is 12.6. The third-order valence-electron chi connectivity index (χ3n) is 8.47. The highest BCUT2D eigenvalue weighted by Gasteiger charge is 2.35. The van der Waals surface area contributed by atoms with E-state index in [1.165, 1.54) is 27.8 Å². The number of nitrogens with zero attached hydrogens (tertiary/aromatic N) is 2. The lowest BCUT2D eigenvalue weighted by molar-refractivity contribution is 0.590. The van der Waals surface area contributed by atoms with E-state index in [0.717, 1.165) is 33.7 Å². The molecule has 7 rings (SSSR count). The molecule has 0 fully saturated rings. The maximum atomic E-state index is 6.29. The summed E-state index contributed by atoms with van der Waals surface area (Å²) in [6, 6.07) is 41.0. The third-order valence-corrected chi connectivity index (χ3v) is 8.47. The van der Waals surface area contributed by atoms with Crippen LogP contribution in [0, 0.1) is 0 Å². The minimum atomic E-state index is -0.0802. The molecule has 1 heterocycles. The molecule has 0 radical (unpaired) electrons. The average molecular weight is 535 g/mol. The number of aromatic nitrogens is 1. The van der Waals surface area contributed by atoms with Crippen LogP contribution < -0.4 is 4.90 Å². The standard InChI is InChI=1S/C38H34N2O/c1-37(2,3)26-15-17-27(18-16-26)40(28-19-21-31-30-13-9-10-14-32(30)38(4,5)33(31)23-28)29-20-22-34-35(24-29)41-36(39-34)25-11-7-6-8-12-25/h6-24H,1-5H3. The Morgan fingerprint density at radius 2 is 1.27 bits per heavy atom. The second kappa shape index (κ2) is 9.21. The van der Waals surface area contributed by atoms with Crippen molar-refractivity contribution in [3.05, 3.63) is 132 Å². The maximum absolute atomic E-state index is 6.29. The lowest BCUT2D eigenvalue weighted by Gasteiger charge is -2.29. The Kier molecular flexibility index (Phi) is 5.69. The van der Waals surface area contributed by atoms with E-state index in [-0.39, 0.29) is 10.8 Å². The number of hydrogen-bond donors (Lipinski definition) is 0. The van der Waals surface area contributed by atoms with Crippen LogP contribution in [0.5, 0.6) is 0 Å². The van der Waals surface area contributed by atoms with Gasteiger partial charge < -0.3 is 9.32 Å². The highest BCUT2D eigenvalue weighted by Crippen LogP contribution is 2.50. The summed E-state index contributed by atoms with van der Waals surface area (Å²) >= 11 is 0. The minimum Gasteiger partial charge on any atom is -0.436 e. The molecule has 202 valence electrons. The molecular formula is C38H34N2O. The van der Waals surface area contributed by atoms with Crippen LogP contribution in [-0.2, 0) is 10.8 Å². The molecule has 0 atom stereocenters. The lowest BCUT2D eigenvalue weighted by atomic mass is 9.82. The van der Waals surface area contributed by atoms with Gasteiger partial charge in [-0.15, -0.1) is 0 Å². The summed E-state index contributed by atoms with van der Waals surface area (Å²) in [5, 5.41) is 0. The van der Waals surface area contributed by atoms with Gasteiger partial charge in [0.25, 0.3) is 0 Å². The van der Waals surface area contributed by atoms with Gasteiger partial charge in [0.1, 0.15) is 5.52 Å². The molecule has 5 aromatic carbocycles. The summed E-state index contributed by atoms with van der Waals surface area (Å²) in [6.07, 6.45) is 0. The van der Waals surface area contributed by atoms with E-state index in [4.69, 9.17) is 9.40 Å². The quantitative estimate of drug-likeness (QED) is 0.225. The van der Waals surface area contributed by atoms with Crippen LogP contribution in [-0.4, -0.2) is 4.98 Å². The van der Waals surface area contributed by atoms with Gasteiger partial charge in [0.2, 0.25) is 5.89 Å². The van der Waals surface area contributed by atoms with Crippen LogP contribution in [0.1, 0.15) is 51.3 Å². The zero-order valence-electron chi connectivity index (χ0n) is 24.3. The van der Waals surface area contributed by atoms with E-state index in [1.807, 2.05) is 30.3 Å². The number of anilines is 3. The highest BCUT2D eigenvalue weighted by atomic mass is 16.3. The number of hydrogen-bond acceptors (Lipinski definition) is 3. The highest BCUT2D eigenvalue weighted by molar-refractivity contribution is 5.88. The fraction of sp³-hybridized carbons (Fsp3) is 0.184. The molecule has 0 saturated carbocycles. The van der Waals surface area contributed by atoms with Crippen LogP contribution in [0.2, 0.25) is 0 Å². The zero-order chi connectivity index (χ0) is 28.4. The van der Waals surface area contributed by atoms with Gasteiger partial charge in [-0.05, 0) is 81.8 Å². The number of benzene rings is 5. The molecule has 0 spiro atoms. The number of oxazole rings is 1. The van der Waals surface area contributed by atoms with Crippen molar-refractivity contribution in [3.8, 4) is 22.6 Å². The Hall–Kier alpha value is -4.63. The third kappa shape index (κ3) is 4.24. The molecule has 41 heavy (non-hydrogen) atoms. The Morgan fingerprint density at radius 1 is 0.634 bits per heavy atom. The Labute approximate surface area is 242 Å². The summed E-state index contributed by atoms with van der Waals surface area (Å²) in [5.74, 6) is 0.635. The molecule has 1 aliphatic carbocycles. The molecule has 6 aromatic rings. The van der Waals surface area contributed by atoms with E-state index in [1.54, 1.807) is 0 Å². The summed E-state index contributed by atoms with van der Waals surface area (Å²) in [6.45, 7) is 11.4. The summed E-state index contributed by atoms with van der Waals surface area (Å²) < 4.78 is 6.29. The predicted molar refractivity (Wildman–Crippen MR) is 170 cm³/mol. The van der Waals surface area contributed by atoms with Crippen molar-refractivity contribution in [1.82, 2.24) is 4.98 Å². The molecule has 3 nitrogen and oxygen atoms in total. The van der Waals surface area contributed by atoms with Gasteiger partial charge in [-0.1, -0.05) is 95.3 Å². The van der Waals surface area contributed by atoms with Gasteiger partial charge in [0, 0.05) is 34.1 Å². The van der Waals surface area contributed by atoms with Gasteiger partial charge >= 0.3 is 0 Å². The van der Waals surface area contributed by atoms with Gasteiger partial charge in [-0.2, -0.15) is 0 Å². The van der Waals surface area contributed by atoms with Gasteiger partial charge in [0.15, 0.2) is 5.58 Å². The summed E-state index contributed by atoms with van der Waals surface area (Å²) in [5.41, 5.74) is 12.5. The fourth-order valence-electron chi connectivity index (χ4n) is 6.15. The van der Waals surface area contributed by atoms with Crippen molar-refractivity contribution in [2.24, 2.45) is 0 Å². The average Bonchev–Trinajstić information content (AvgIpc) is 3.50. The first-order valence-corrected chi connectivity index (χ1v) is 14.3. The Morgan fingerprint density at radius 3 is 2.02 bits per heavy atom. The predicted octanol–water partition coefficient (Wildman–Crippen LogP) is 10.6. The Bertz CT molecular complexity index is 1890. The Balaban J connectivity index is 1.38. The molecule has 0 bridgehead atoms. The molecular weight excluding hydrogens is 500 g/mol. The van der Waals surface area contributed by atoms with Gasteiger partial charge in [0.05, 0.1) is 0 Å². The molecule has 0 saturated heterocycles. The van der Waals surface area contributed by atoms with E-state index in [2.05, 4.69) is 124 Å². The normalized spacial score (nSPS) is 13.7. The topological polar surface area (TPSA) is 29.3 Å². The summed E-state index contributed by atoms with van der Waals surface area (Å²) in [4.78, 5) is 7.10. The van der Waals surface area contributed by atoms with Gasteiger partial charge in [-0.3, -0.25) is 0 Å². The largest absolute Gasteiger partial charge is 0.436 e. The van der Waals surface area contributed by atoms with Crippen LogP contribution >= 0.6 is 0 Å². The zero-order valence-corrected chi connectivity index (χ0v) is 24.3. The number of fused-ring (bicyclic) bond motifs is 4. The number of rotatable bonds is 4. The first-order valence-electron chi connectivity index (χ1n) is 14.3. The van der Waals surface area contributed by atoms with E-state index in [0.29, 0.717) is 5.89 Å². The van der Waals surface area contributed by atoms with Crippen molar-refractivity contribution in [3.63, 3.8) is 0 Å². The van der Waals surface area contributed by atoms with E-state index >= 15 is 0 Å². The fourth-order valence-corrected chi connectivity index (χ4v) is 6.15. The van der Waals surface area contributed by atoms with Crippen LogP contribution in [0.3, 0.4) is 0 Å². The first kappa shape index (κ1) is 25.3. The molecule has 3 heteroatoms. The lowest BCUT2D eigenvalue weighted by Crippen LogP contribution is -2.17. The van der Waals surface area contributed by atoms with Crippen molar-refractivity contribution in [1.29, 1.82) is 0 Å². The first-order chi connectivity index (χ1) is 19.7. The van der Waals surface area contributed by atoms with Crippen molar-refractivity contribution >= 4 is 28.2 Å². The SMILES string of the molecule is CC(C)(C)c1ccc(N(c2ccc3c(c2)C(C)(C)c2ccccc2-3)c2ccc3nc(-c4ccccc4)oc3c2)cc1. The smallest absolute Gasteiger partial charge is 0.227 e. The van der Waals surface area contributed by atoms with Crippen LogP contribution in [0.25, 0.3) is 33.7 Å². The van der Waals surface area contributed by atoms with Crippen LogP contribution in [0.4, 0.5) is 17.1 Å². The molecule has 1 aromatic heterocycles. The minimum absolute atomic E-state index is 0.0802. The molecule has 0 unspecified atom stereocenters. The van der Waals surface area contributed by atoms with Crippen molar-refractivity contribution in [2.45, 2.75) is 45.4 Å². The monoisotopic (exact) mass is 534 g/mol. The molecule has 0 aliphatic heterocycles. The second-order valence-corrected chi connectivity index (χ2v) is 12.6. The van der Waals surface area contributed by atoms with Crippen molar-refractivity contribution in [2.75, 3.05) is 4.90 Å². The molecule has 1 aliphatic rings. The molecule has 0 N–H and O–H groups in total. The maximum Gasteiger partial charge on any atom is 0.227 e. The molecule has 0 amide bonds. The van der Waals surface area contributed by atoms with E-state index < -0.39 is 0 Å². The van der Waals surface area contributed by atoms with Crippen LogP contribution in [0.15, 0.2) is 120 Å². The van der Waals surface area contributed by atoms with Gasteiger partial charge in [-0.25, -0.2) is 4.98 Å². The van der Waals surface area contributed by atoms with E-state index in [9.17, 15) is 0 Å². The van der Waals surface area contributed by atoms with Crippen molar-refractivity contribution < 1.29 is 4.42 Å². The summed E-state index contributed by atoms with van der Waals surface area (Å²) in [7, 11) is 0.